The van der Waals surface area contributed by atoms with Crippen LogP contribution in [0.3, 0.4) is 0 Å². The van der Waals surface area contributed by atoms with Gasteiger partial charge in [0, 0.05) is 30.9 Å². The number of nitrogens with one attached hydrogen (secondary N) is 2. The van der Waals surface area contributed by atoms with Gasteiger partial charge in [0.1, 0.15) is 17.5 Å². The van der Waals surface area contributed by atoms with E-state index in [1.165, 1.54) is 41.8 Å². The Morgan fingerprint density at radius 2 is 1.90 bits per heavy atom. The Bertz CT molecular complexity index is 1490. The topological polar surface area (TPSA) is 154 Å². The second-order valence-electron chi connectivity index (χ2n) is 10.3. The number of urea groups is 1. The van der Waals surface area contributed by atoms with E-state index in [0.29, 0.717) is 5.69 Å². The quantitative estimate of drug-likeness (QED) is 0.363. The van der Waals surface area contributed by atoms with Crippen molar-refractivity contribution in [3.05, 3.63) is 65.5 Å². The molecule has 0 saturated carbocycles. The van der Waals surface area contributed by atoms with Gasteiger partial charge in [-0.25, -0.2) is 13.2 Å². The van der Waals surface area contributed by atoms with E-state index < -0.39 is 28.1 Å². The predicted octanol–water partition coefficient (Wildman–Crippen LogP) is 3.48. The molecule has 41 heavy (non-hydrogen) atoms. The molecule has 3 amide bonds. The first-order chi connectivity index (χ1) is 19.4. The van der Waals surface area contributed by atoms with Crippen LogP contribution in [0.5, 0.6) is 5.75 Å². The number of ether oxygens (including phenoxy) is 1. The van der Waals surface area contributed by atoms with Gasteiger partial charge < -0.3 is 29.5 Å². The summed E-state index contributed by atoms with van der Waals surface area (Å²) < 4.78 is 40.0. The molecule has 3 N–H and O–H groups in total. The summed E-state index contributed by atoms with van der Waals surface area (Å²) in [6.45, 7) is 6.84. The Morgan fingerprint density at radius 1 is 1.20 bits per heavy atom. The molecule has 4 rings (SSSR count). The number of hydrogen-bond acceptors (Lipinski definition) is 8. The minimum absolute atomic E-state index is 0.0759. The van der Waals surface area contributed by atoms with Crippen LogP contribution in [0.15, 0.2) is 57.9 Å². The van der Waals surface area contributed by atoms with E-state index in [1.54, 1.807) is 26.1 Å². The molecule has 13 heteroatoms. The molecule has 12 nitrogen and oxygen atoms in total. The third kappa shape index (κ3) is 6.63. The lowest BCUT2D eigenvalue weighted by Crippen LogP contribution is -2.50. The van der Waals surface area contributed by atoms with E-state index in [9.17, 15) is 23.1 Å². The highest BCUT2D eigenvalue weighted by Gasteiger charge is 2.34. The zero-order chi connectivity index (χ0) is 29.9. The molecule has 1 aliphatic rings. The van der Waals surface area contributed by atoms with Crippen LogP contribution in [-0.4, -0.2) is 79.3 Å². The van der Waals surface area contributed by atoms with Gasteiger partial charge in [-0.15, -0.1) is 0 Å². The van der Waals surface area contributed by atoms with Crippen molar-refractivity contribution in [2.75, 3.05) is 36.8 Å². The number of carbonyl (C=O) groups excluding carboxylic acids is 2. The van der Waals surface area contributed by atoms with E-state index in [0.717, 1.165) is 0 Å². The van der Waals surface area contributed by atoms with E-state index in [1.807, 2.05) is 25.1 Å². The summed E-state index contributed by atoms with van der Waals surface area (Å²) >= 11 is 0. The van der Waals surface area contributed by atoms with Crippen LogP contribution in [0.1, 0.15) is 35.7 Å². The molecular formula is C28H35N5O7S. The number of benzene rings is 2. The van der Waals surface area contributed by atoms with Crippen molar-refractivity contribution in [3.8, 4) is 5.75 Å². The molecule has 0 bridgehead atoms. The molecule has 220 valence electrons. The number of nitrogens with zero attached hydrogens (tertiary/aromatic N) is 3. The number of aryl methyl sites for hydroxylation is 2. The summed E-state index contributed by atoms with van der Waals surface area (Å²) in [5.41, 5.74) is 1.13. The van der Waals surface area contributed by atoms with Gasteiger partial charge in [0.2, 0.25) is 0 Å². The number of fused-ring (bicyclic) bond motifs is 1. The van der Waals surface area contributed by atoms with Gasteiger partial charge in [-0.3, -0.25) is 9.52 Å². The lowest BCUT2D eigenvalue weighted by molar-refractivity contribution is 0.0371. The fraction of sp³-hybridized carbons (Fsp3) is 0.393. The van der Waals surface area contributed by atoms with Crippen LogP contribution in [0.25, 0.3) is 0 Å². The Morgan fingerprint density at radius 3 is 2.54 bits per heavy atom. The maximum atomic E-state index is 13.7. The number of aliphatic hydroxyl groups excluding tert-OH is 1. The highest BCUT2D eigenvalue weighted by molar-refractivity contribution is 7.92. The number of para-hydroxylation sites is 1. The SMILES string of the molecule is Cc1noc(C)c1S(=O)(=O)Nc1ccc2c(c1)C(=O)N([C@H](C)CO)C[C@H](C)[C@@H](CN(C)C(=O)Nc1ccccc1)O2. The summed E-state index contributed by atoms with van der Waals surface area (Å²) in [6.07, 6.45) is -0.522. The number of aromatic nitrogens is 1. The summed E-state index contributed by atoms with van der Waals surface area (Å²) in [4.78, 5) is 29.5. The van der Waals surface area contributed by atoms with Crippen molar-refractivity contribution in [1.82, 2.24) is 15.0 Å². The smallest absolute Gasteiger partial charge is 0.321 e. The second kappa shape index (κ2) is 12.2. The van der Waals surface area contributed by atoms with Crippen molar-refractivity contribution in [1.29, 1.82) is 0 Å². The number of aliphatic hydroxyl groups is 1. The van der Waals surface area contributed by atoms with Crippen LogP contribution >= 0.6 is 0 Å². The highest BCUT2D eigenvalue weighted by Crippen LogP contribution is 2.32. The zero-order valence-electron chi connectivity index (χ0n) is 23.6. The van der Waals surface area contributed by atoms with Crippen LogP contribution in [-0.2, 0) is 10.0 Å². The van der Waals surface area contributed by atoms with Crippen molar-refractivity contribution >= 4 is 33.3 Å². The van der Waals surface area contributed by atoms with E-state index in [4.69, 9.17) is 9.26 Å². The number of likely N-dealkylation sites (N-methyl/N-ethyl adjacent to an activating group) is 1. The maximum Gasteiger partial charge on any atom is 0.321 e. The molecule has 1 aromatic heterocycles. The lowest BCUT2D eigenvalue weighted by atomic mass is 9.99. The van der Waals surface area contributed by atoms with Crippen molar-refractivity contribution in [3.63, 3.8) is 0 Å². The molecule has 0 fully saturated rings. The second-order valence-corrected chi connectivity index (χ2v) is 11.9. The van der Waals surface area contributed by atoms with Crippen molar-refractivity contribution in [2.24, 2.45) is 5.92 Å². The van der Waals surface area contributed by atoms with E-state index in [-0.39, 0.29) is 65.0 Å². The number of anilines is 2. The molecule has 2 aromatic carbocycles. The minimum Gasteiger partial charge on any atom is -0.487 e. The van der Waals surface area contributed by atoms with Gasteiger partial charge in [-0.2, -0.15) is 0 Å². The Hall–Kier alpha value is -4.10. The van der Waals surface area contributed by atoms with E-state index in [2.05, 4.69) is 15.2 Å². The third-order valence-electron chi connectivity index (χ3n) is 6.98. The third-order valence-corrected chi connectivity index (χ3v) is 8.60. The van der Waals surface area contributed by atoms with Crippen LogP contribution in [0.2, 0.25) is 0 Å². The number of carbonyl (C=O) groups is 2. The molecule has 1 aliphatic heterocycles. The molecule has 0 radical (unpaired) electrons. The average molecular weight is 586 g/mol. The number of rotatable bonds is 8. The fourth-order valence-electron chi connectivity index (χ4n) is 4.66. The maximum absolute atomic E-state index is 13.7. The Labute approximate surface area is 239 Å². The molecule has 0 spiro atoms. The van der Waals surface area contributed by atoms with Crippen molar-refractivity contribution < 1.29 is 32.4 Å². The molecular weight excluding hydrogens is 550 g/mol. The molecule has 0 saturated heterocycles. The van der Waals surface area contributed by atoms with Gasteiger partial charge in [0.05, 0.1) is 24.8 Å². The summed E-state index contributed by atoms with van der Waals surface area (Å²) in [6, 6.07) is 12.7. The van der Waals surface area contributed by atoms with Gasteiger partial charge in [0.25, 0.3) is 15.9 Å². The first kappa shape index (κ1) is 29.9. The Kier molecular flexibility index (Phi) is 8.88. The summed E-state index contributed by atoms with van der Waals surface area (Å²) in [5, 5.41) is 16.5. The van der Waals surface area contributed by atoms with Gasteiger partial charge >= 0.3 is 6.03 Å². The summed E-state index contributed by atoms with van der Waals surface area (Å²) in [5.74, 6) is -0.258. The number of amides is 3. The zero-order valence-corrected chi connectivity index (χ0v) is 24.4. The highest BCUT2D eigenvalue weighted by atomic mass is 32.2. The van der Waals surface area contributed by atoms with Crippen LogP contribution in [0.4, 0.5) is 16.2 Å². The van der Waals surface area contributed by atoms with E-state index >= 15 is 0 Å². The van der Waals surface area contributed by atoms with Crippen LogP contribution in [0, 0.1) is 19.8 Å². The molecule has 3 atom stereocenters. The normalized spacial score (nSPS) is 18.0. The first-order valence-electron chi connectivity index (χ1n) is 13.2. The van der Waals surface area contributed by atoms with Crippen molar-refractivity contribution in [2.45, 2.75) is 44.7 Å². The molecule has 0 unspecified atom stereocenters. The monoisotopic (exact) mass is 585 g/mol. The average Bonchev–Trinajstić information content (AvgIpc) is 3.29. The minimum atomic E-state index is -4.06. The predicted molar refractivity (Wildman–Crippen MR) is 152 cm³/mol. The first-order valence-corrected chi connectivity index (χ1v) is 14.6. The number of sulfonamides is 1. The standard InChI is InChI=1S/C28H35N5O7S/c1-17-14-33(18(2)16-34)27(35)23-13-22(31-41(37,38)26-19(3)30-40-20(26)4)11-12-24(23)39-25(17)15-32(5)28(36)29-21-9-7-6-8-10-21/h6-13,17-18,25,31,34H,14-16H2,1-5H3,(H,29,36)/t17-,18+,25+/m0/s1. The molecule has 2 heterocycles. The van der Waals surface area contributed by atoms with Gasteiger partial charge in [0.15, 0.2) is 10.7 Å². The largest absolute Gasteiger partial charge is 0.487 e. The van der Waals surface area contributed by atoms with Gasteiger partial charge in [-0.1, -0.05) is 30.3 Å². The summed E-state index contributed by atoms with van der Waals surface area (Å²) in [7, 11) is -2.41. The number of hydrogen-bond donors (Lipinski definition) is 3. The molecule has 3 aromatic rings. The molecule has 0 aliphatic carbocycles. The Balaban J connectivity index is 1.63. The lowest BCUT2D eigenvalue weighted by Gasteiger charge is -2.38. The fourth-order valence-corrected chi connectivity index (χ4v) is 6.04. The van der Waals surface area contributed by atoms with Crippen LogP contribution < -0.4 is 14.8 Å². The van der Waals surface area contributed by atoms with Gasteiger partial charge in [-0.05, 0) is 51.1 Å².